The Bertz CT molecular complexity index is 11.6. The Labute approximate surface area is 49.2 Å². The maximum atomic E-state index is 3.97. The van der Waals surface area contributed by atoms with E-state index in [9.17, 15) is 0 Å². The average Bonchev–Trinajstić information content (AvgIpc) is 0.811. The molecule has 0 nitrogen and oxygen atoms in total. The molecule has 0 saturated carbocycles. The fourth-order valence-corrected chi connectivity index (χ4v) is 0. The molecule has 2 heteroatoms. The van der Waals surface area contributed by atoms with Gasteiger partial charge in [-0.05, 0) is 5.25 Å². The zero-order valence-electron chi connectivity index (χ0n) is 3.33. The summed E-state index contributed by atoms with van der Waals surface area (Å²) in [7, 11) is 0. The third kappa shape index (κ3) is 53.0. The molecular formula is C3H8CuS+2. The van der Waals surface area contributed by atoms with Crippen LogP contribution in [0.15, 0.2) is 0 Å². The summed E-state index contributed by atoms with van der Waals surface area (Å²) in [4.78, 5) is 0. The summed E-state index contributed by atoms with van der Waals surface area (Å²) in [6, 6.07) is 0. The van der Waals surface area contributed by atoms with E-state index < -0.39 is 0 Å². The van der Waals surface area contributed by atoms with Gasteiger partial charge in [-0.25, -0.2) is 0 Å². The number of hydrogen-bond acceptors (Lipinski definition) is 1. The van der Waals surface area contributed by atoms with Crippen molar-refractivity contribution in [2.24, 2.45) is 0 Å². The van der Waals surface area contributed by atoms with Crippen molar-refractivity contribution in [1.29, 1.82) is 0 Å². The molecule has 0 saturated heterocycles. The number of hydrogen-bond donors (Lipinski definition) is 1. The summed E-state index contributed by atoms with van der Waals surface area (Å²) in [5.41, 5.74) is 0. The van der Waals surface area contributed by atoms with Crippen LogP contribution in [0.4, 0.5) is 0 Å². The van der Waals surface area contributed by atoms with E-state index >= 15 is 0 Å². The van der Waals surface area contributed by atoms with Gasteiger partial charge in [0.1, 0.15) is 0 Å². The van der Waals surface area contributed by atoms with Gasteiger partial charge < -0.3 is 0 Å². The molecule has 0 aromatic carbocycles. The monoisotopic (exact) mass is 139 g/mol. The smallest absolute Gasteiger partial charge is 0.177 e. The van der Waals surface area contributed by atoms with Crippen LogP contribution >= 0.6 is 12.6 Å². The summed E-state index contributed by atoms with van der Waals surface area (Å²) < 4.78 is 0. The van der Waals surface area contributed by atoms with E-state index in [0.29, 0.717) is 5.25 Å². The van der Waals surface area contributed by atoms with Gasteiger partial charge in [0.25, 0.3) is 0 Å². The topological polar surface area (TPSA) is 0 Å². The Hall–Kier alpha value is 0.869. The molecule has 35 valence electrons. The van der Waals surface area contributed by atoms with Crippen LogP contribution in [0.25, 0.3) is 0 Å². The molecule has 0 aliphatic rings. The van der Waals surface area contributed by atoms with E-state index in [1.165, 1.54) is 0 Å². The SMILES string of the molecule is CC(C)S.[Cu+2]. The van der Waals surface area contributed by atoms with Gasteiger partial charge in [-0.3, -0.25) is 0 Å². The Morgan fingerprint density at radius 2 is 1.40 bits per heavy atom. The zero-order valence-corrected chi connectivity index (χ0v) is 5.16. The summed E-state index contributed by atoms with van der Waals surface area (Å²) in [5.74, 6) is 0. The average molecular weight is 140 g/mol. The Morgan fingerprint density at radius 1 is 1.40 bits per heavy atom. The second-order valence-corrected chi connectivity index (χ2v) is 2.13. The van der Waals surface area contributed by atoms with E-state index in [0.717, 1.165) is 0 Å². The number of rotatable bonds is 0. The van der Waals surface area contributed by atoms with Gasteiger partial charge in [0, 0.05) is 0 Å². The minimum absolute atomic E-state index is 0. The first-order chi connectivity index (χ1) is 1.73. The van der Waals surface area contributed by atoms with Crippen molar-refractivity contribution in [2.45, 2.75) is 19.1 Å². The van der Waals surface area contributed by atoms with E-state index in [4.69, 9.17) is 0 Å². The first-order valence-electron chi connectivity index (χ1n) is 1.41. The minimum Gasteiger partial charge on any atom is -0.177 e. The molecule has 0 rings (SSSR count). The van der Waals surface area contributed by atoms with Crippen molar-refractivity contribution >= 4 is 12.6 Å². The van der Waals surface area contributed by atoms with Crippen LogP contribution in [0.1, 0.15) is 13.8 Å². The molecule has 0 fully saturated rings. The second-order valence-electron chi connectivity index (χ2n) is 1.09. The van der Waals surface area contributed by atoms with E-state index in [-0.39, 0.29) is 17.1 Å². The van der Waals surface area contributed by atoms with Crippen molar-refractivity contribution in [2.75, 3.05) is 0 Å². The predicted molar refractivity (Wildman–Crippen MR) is 24.1 cm³/mol. The van der Waals surface area contributed by atoms with Gasteiger partial charge in [-0.2, -0.15) is 12.6 Å². The normalized spacial score (nSPS) is 7.20. The summed E-state index contributed by atoms with van der Waals surface area (Å²) >= 11 is 3.97. The molecule has 1 radical (unpaired) electrons. The standard InChI is InChI=1S/C3H8S.Cu/c1-3(2)4;/h3-4H,1-2H3;/q;+2. The van der Waals surface area contributed by atoms with E-state index in [2.05, 4.69) is 12.6 Å². The van der Waals surface area contributed by atoms with Crippen LogP contribution in [0.2, 0.25) is 0 Å². The Kier molecular flexibility index (Phi) is 9.05. The first-order valence-corrected chi connectivity index (χ1v) is 1.93. The predicted octanol–water partition coefficient (Wildman–Crippen LogP) is 1.32. The van der Waals surface area contributed by atoms with Crippen LogP contribution in [0, 0.1) is 0 Å². The molecule has 0 aliphatic carbocycles. The molecule has 0 spiro atoms. The van der Waals surface area contributed by atoms with Crippen LogP contribution in [0.3, 0.4) is 0 Å². The Balaban J connectivity index is 0. The largest absolute Gasteiger partial charge is 2.00 e. The third-order valence-corrected chi connectivity index (χ3v) is 0. The van der Waals surface area contributed by atoms with Crippen LogP contribution in [-0.2, 0) is 17.1 Å². The van der Waals surface area contributed by atoms with Crippen LogP contribution in [0.5, 0.6) is 0 Å². The fraction of sp³-hybridized carbons (Fsp3) is 1.00. The van der Waals surface area contributed by atoms with Gasteiger partial charge in [0.2, 0.25) is 0 Å². The van der Waals surface area contributed by atoms with Gasteiger partial charge >= 0.3 is 17.1 Å². The molecule has 0 aromatic heterocycles. The third-order valence-electron chi connectivity index (χ3n) is 0. The maximum absolute atomic E-state index is 3.97. The Morgan fingerprint density at radius 3 is 1.40 bits per heavy atom. The number of thiol groups is 1. The van der Waals surface area contributed by atoms with Crippen molar-refractivity contribution < 1.29 is 17.1 Å². The zero-order chi connectivity index (χ0) is 3.58. The van der Waals surface area contributed by atoms with Gasteiger partial charge in [-0.15, -0.1) is 0 Å². The minimum atomic E-state index is 0. The molecule has 5 heavy (non-hydrogen) atoms. The summed E-state index contributed by atoms with van der Waals surface area (Å²) in [5, 5.41) is 0.528. The molecule has 0 bridgehead atoms. The van der Waals surface area contributed by atoms with Crippen LogP contribution in [-0.4, -0.2) is 5.25 Å². The molecule has 0 N–H and O–H groups in total. The van der Waals surface area contributed by atoms with Crippen molar-refractivity contribution in [3.8, 4) is 0 Å². The molecule has 0 unspecified atom stereocenters. The van der Waals surface area contributed by atoms with Gasteiger partial charge in [0.15, 0.2) is 0 Å². The van der Waals surface area contributed by atoms with Crippen molar-refractivity contribution in [3.63, 3.8) is 0 Å². The molecule has 0 heterocycles. The van der Waals surface area contributed by atoms with Gasteiger partial charge in [0.05, 0.1) is 0 Å². The second kappa shape index (κ2) is 4.87. The summed E-state index contributed by atoms with van der Waals surface area (Å²) in [6.07, 6.45) is 0. The van der Waals surface area contributed by atoms with Crippen LogP contribution < -0.4 is 0 Å². The molecule has 0 atom stereocenters. The molecule has 0 aliphatic heterocycles. The maximum Gasteiger partial charge on any atom is 2.00 e. The van der Waals surface area contributed by atoms with Crippen molar-refractivity contribution in [3.05, 3.63) is 0 Å². The summed E-state index contributed by atoms with van der Waals surface area (Å²) in [6.45, 7) is 4.06. The van der Waals surface area contributed by atoms with Gasteiger partial charge in [-0.1, -0.05) is 13.8 Å². The van der Waals surface area contributed by atoms with Crippen molar-refractivity contribution in [1.82, 2.24) is 0 Å². The molecule has 0 aromatic rings. The molecule has 0 amide bonds. The van der Waals surface area contributed by atoms with E-state index in [1.54, 1.807) is 0 Å². The fourth-order valence-electron chi connectivity index (χ4n) is 0. The quantitative estimate of drug-likeness (QED) is 0.380. The molecular weight excluding hydrogens is 132 g/mol. The first kappa shape index (κ1) is 9.30. The van der Waals surface area contributed by atoms with E-state index in [1.807, 2.05) is 13.8 Å².